The molecule has 1 aliphatic carbocycles. The van der Waals surface area contributed by atoms with Gasteiger partial charge in [0.2, 0.25) is 0 Å². The highest BCUT2D eigenvalue weighted by atomic mass is 19.4. The molecule has 5 heteroatoms. The number of nitriles is 1. The van der Waals surface area contributed by atoms with Crippen LogP contribution in [0.5, 0.6) is 5.75 Å². The van der Waals surface area contributed by atoms with E-state index in [0.29, 0.717) is 5.75 Å². The Bertz CT molecular complexity index is 470. The number of hydrogen-bond donors (Lipinski definition) is 0. The van der Waals surface area contributed by atoms with Crippen LogP contribution >= 0.6 is 0 Å². The lowest BCUT2D eigenvalue weighted by Crippen LogP contribution is -2.12. The number of ether oxygens (including phenoxy) is 1. The third-order valence-electron chi connectivity index (χ3n) is 3.02. The first-order valence-electron chi connectivity index (χ1n) is 5.78. The average Bonchev–Trinajstić information content (AvgIpc) is 2.80. The first-order chi connectivity index (χ1) is 8.50. The summed E-state index contributed by atoms with van der Waals surface area (Å²) in [6, 6.07) is 4.92. The Kier molecular flexibility index (Phi) is 3.46. The maximum Gasteiger partial charge on any atom is 0.417 e. The van der Waals surface area contributed by atoms with Crippen LogP contribution in [-0.2, 0) is 6.18 Å². The van der Waals surface area contributed by atoms with Crippen LogP contribution < -0.4 is 4.74 Å². The summed E-state index contributed by atoms with van der Waals surface area (Å²) in [5.41, 5.74) is -1.30. The zero-order chi connectivity index (χ0) is 13.2. The Labute approximate surface area is 103 Å². The van der Waals surface area contributed by atoms with E-state index >= 15 is 0 Å². The van der Waals surface area contributed by atoms with Crippen molar-refractivity contribution in [1.82, 2.24) is 0 Å². The van der Waals surface area contributed by atoms with Crippen molar-refractivity contribution in [2.45, 2.75) is 38.0 Å². The van der Waals surface area contributed by atoms with Gasteiger partial charge in [-0.25, -0.2) is 0 Å². The molecule has 1 fully saturated rings. The Hall–Kier alpha value is -1.70. The molecule has 0 heterocycles. The van der Waals surface area contributed by atoms with E-state index < -0.39 is 17.3 Å². The van der Waals surface area contributed by atoms with E-state index in [4.69, 9.17) is 10.00 Å². The van der Waals surface area contributed by atoms with E-state index in [0.717, 1.165) is 31.7 Å². The minimum absolute atomic E-state index is 0.0632. The third kappa shape index (κ3) is 2.76. The summed E-state index contributed by atoms with van der Waals surface area (Å²) in [4.78, 5) is 0. The Morgan fingerprint density at radius 2 is 1.89 bits per heavy atom. The predicted molar refractivity (Wildman–Crippen MR) is 59.0 cm³/mol. The van der Waals surface area contributed by atoms with Crippen molar-refractivity contribution >= 4 is 0 Å². The maximum absolute atomic E-state index is 12.6. The molecule has 0 radical (unpaired) electrons. The summed E-state index contributed by atoms with van der Waals surface area (Å²) < 4.78 is 43.3. The number of alkyl halides is 3. The van der Waals surface area contributed by atoms with Crippen molar-refractivity contribution < 1.29 is 17.9 Å². The molecule has 1 aromatic rings. The molecule has 0 atom stereocenters. The quantitative estimate of drug-likeness (QED) is 0.803. The largest absolute Gasteiger partial charge is 0.490 e. The summed E-state index contributed by atoms with van der Waals surface area (Å²) in [6.07, 6.45) is -0.441. The summed E-state index contributed by atoms with van der Waals surface area (Å²) in [5.74, 6) is 0.339. The molecule has 1 aliphatic rings. The van der Waals surface area contributed by atoms with Crippen molar-refractivity contribution in [2.75, 3.05) is 0 Å². The summed E-state index contributed by atoms with van der Waals surface area (Å²) in [6.45, 7) is 0. The first-order valence-corrected chi connectivity index (χ1v) is 5.78. The zero-order valence-corrected chi connectivity index (χ0v) is 9.63. The zero-order valence-electron chi connectivity index (χ0n) is 9.63. The third-order valence-corrected chi connectivity index (χ3v) is 3.02. The number of nitrogens with zero attached hydrogens (tertiary/aromatic N) is 1. The fraction of sp³-hybridized carbons (Fsp3) is 0.462. The van der Waals surface area contributed by atoms with Gasteiger partial charge in [0.1, 0.15) is 5.75 Å². The molecule has 2 rings (SSSR count). The molecular formula is C13H12F3NO. The molecule has 0 bridgehead atoms. The van der Waals surface area contributed by atoms with Gasteiger partial charge in [-0.3, -0.25) is 0 Å². The van der Waals surface area contributed by atoms with Crippen LogP contribution in [0, 0.1) is 11.3 Å². The molecule has 96 valence electrons. The summed E-state index contributed by atoms with van der Waals surface area (Å²) in [7, 11) is 0. The normalized spacial score (nSPS) is 16.6. The van der Waals surface area contributed by atoms with Crippen LogP contribution in [0.25, 0.3) is 0 Å². The van der Waals surface area contributed by atoms with Crippen molar-refractivity contribution in [3.05, 3.63) is 29.3 Å². The molecule has 0 spiro atoms. The molecule has 0 aliphatic heterocycles. The first kappa shape index (κ1) is 12.7. The molecule has 18 heavy (non-hydrogen) atoms. The van der Waals surface area contributed by atoms with Crippen LogP contribution in [0.2, 0.25) is 0 Å². The van der Waals surface area contributed by atoms with Gasteiger partial charge in [0.15, 0.2) is 0 Å². The second kappa shape index (κ2) is 4.89. The van der Waals surface area contributed by atoms with E-state index in [2.05, 4.69) is 0 Å². The highest BCUT2D eigenvalue weighted by molar-refractivity contribution is 5.44. The highest BCUT2D eigenvalue weighted by Crippen LogP contribution is 2.34. The summed E-state index contributed by atoms with van der Waals surface area (Å²) in [5, 5.41) is 8.76. The summed E-state index contributed by atoms with van der Waals surface area (Å²) >= 11 is 0. The molecule has 0 aromatic heterocycles. The van der Waals surface area contributed by atoms with Crippen LogP contribution in [0.15, 0.2) is 18.2 Å². The van der Waals surface area contributed by atoms with Crippen molar-refractivity contribution in [2.24, 2.45) is 0 Å². The SMILES string of the molecule is N#Cc1cc(OC2CCCC2)ccc1C(F)(F)F. The van der Waals surface area contributed by atoms with Crippen LogP contribution in [0.3, 0.4) is 0 Å². The molecule has 0 unspecified atom stereocenters. The van der Waals surface area contributed by atoms with Crippen molar-refractivity contribution in [1.29, 1.82) is 5.26 Å². The maximum atomic E-state index is 12.6. The van der Waals surface area contributed by atoms with E-state index in [-0.39, 0.29) is 6.10 Å². The van der Waals surface area contributed by atoms with E-state index in [1.807, 2.05) is 0 Å². The highest BCUT2D eigenvalue weighted by Gasteiger charge is 2.33. The van der Waals surface area contributed by atoms with Gasteiger partial charge in [-0.2, -0.15) is 18.4 Å². The predicted octanol–water partition coefficient (Wildman–Crippen LogP) is 3.90. The fourth-order valence-corrected chi connectivity index (χ4v) is 2.14. The molecule has 0 saturated heterocycles. The van der Waals surface area contributed by atoms with Crippen LogP contribution in [0.4, 0.5) is 13.2 Å². The van der Waals surface area contributed by atoms with Gasteiger partial charge < -0.3 is 4.74 Å². The second-order valence-corrected chi connectivity index (χ2v) is 4.34. The Morgan fingerprint density at radius 1 is 1.22 bits per heavy atom. The van der Waals surface area contributed by atoms with Gasteiger partial charge >= 0.3 is 6.18 Å². The molecule has 2 nitrogen and oxygen atoms in total. The fourth-order valence-electron chi connectivity index (χ4n) is 2.14. The van der Waals surface area contributed by atoms with Gasteiger partial charge in [-0.15, -0.1) is 0 Å². The lowest BCUT2D eigenvalue weighted by molar-refractivity contribution is -0.137. The standard InChI is InChI=1S/C13H12F3NO/c14-13(15,16)12-6-5-11(7-9(12)8-17)18-10-3-1-2-4-10/h5-7,10H,1-4H2. The van der Waals surface area contributed by atoms with Gasteiger partial charge in [0.25, 0.3) is 0 Å². The number of benzene rings is 1. The van der Waals surface area contributed by atoms with Gasteiger partial charge in [0.05, 0.1) is 23.3 Å². The van der Waals surface area contributed by atoms with Crippen LogP contribution in [-0.4, -0.2) is 6.10 Å². The molecule has 0 amide bonds. The lowest BCUT2D eigenvalue weighted by atomic mass is 10.1. The second-order valence-electron chi connectivity index (χ2n) is 4.34. The number of hydrogen-bond acceptors (Lipinski definition) is 2. The monoisotopic (exact) mass is 255 g/mol. The smallest absolute Gasteiger partial charge is 0.417 e. The number of rotatable bonds is 2. The number of halogens is 3. The van der Waals surface area contributed by atoms with E-state index in [1.165, 1.54) is 12.1 Å². The molecule has 1 saturated carbocycles. The topological polar surface area (TPSA) is 33.0 Å². The van der Waals surface area contributed by atoms with Gasteiger partial charge in [-0.05, 0) is 43.9 Å². The lowest BCUT2D eigenvalue weighted by Gasteiger charge is -2.15. The molecular weight excluding hydrogens is 243 g/mol. The Morgan fingerprint density at radius 3 is 2.44 bits per heavy atom. The average molecular weight is 255 g/mol. The minimum atomic E-state index is -4.50. The van der Waals surface area contributed by atoms with E-state index in [9.17, 15) is 13.2 Å². The molecule has 1 aromatic carbocycles. The van der Waals surface area contributed by atoms with Gasteiger partial charge in [0, 0.05) is 0 Å². The van der Waals surface area contributed by atoms with Gasteiger partial charge in [-0.1, -0.05) is 0 Å². The van der Waals surface area contributed by atoms with Crippen molar-refractivity contribution in [3.63, 3.8) is 0 Å². The van der Waals surface area contributed by atoms with Crippen molar-refractivity contribution in [3.8, 4) is 11.8 Å². The molecule has 0 N–H and O–H groups in total. The van der Waals surface area contributed by atoms with Crippen LogP contribution in [0.1, 0.15) is 36.8 Å². The Balaban J connectivity index is 2.22. The van der Waals surface area contributed by atoms with E-state index in [1.54, 1.807) is 6.07 Å². The minimum Gasteiger partial charge on any atom is -0.490 e.